The van der Waals surface area contributed by atoms with Crippen molar-refractivity contribution in [2.24, 2.45) is 0 Å². The van der Waals surface area contributed by atoms with Gasteiger partial charge in [0, 0.05) is 6.04 Å². The van der Waals surface area contributed by atoms with Gasteiger partial charge in [-0.25, -0.2) is 14.6 Å². The number of nitrogens with zero attached hydrogens (tertiary/aromatic N) is 2. The fourth-order valence-corrected chi connectivity index (χ4v) is 2.69. The second kappa shape index (κ2) is 6.62. The van der Waals surface area contributed by atoms with E-state index in [0.29, 0.717) is 4.34 Å². The molecule has 0 spiro atoms. The van der Waals surface area contributed by atoms with Crippen LogP contribution in [-0.2, 0) is 9.53 Å². The van der Waals surface area contributed by atoms with E-state index < -0.39 is 23.7 Å². The van der Waals surface area contributed by atoms with Gasteiger partial charge in [0.1, 0.15) is 14.9 Å². The normalized spacial score (nSPS) is 13.1. The highest BCUT2D eigenvalue weighted by Crippen LogP contribution is 2.30. The first kappa shape index (κ1) is 17.7. The standard InChI is InChI=1S/C13H19ClN2O4S/c1-7(2)16(12(19)20-13(3,4)5)9(11(17)18)10-15-6-8(14)21-10/h6-7,9H,1-5H3,(H,17,18). The third kappa shape index (κ3) is 4.86. The van der Waals surface area contributed by atoms with Gasteiger partial charge in [-0.15, -0.1) is 11.3 Å². The molecule has 1 rings (SSSR count). The zero-order valence-electron chi connectivity index (χ0n) is 12.6. The second-order valence-corrected chi connectivity index (χ2v) is 7.42. The summed E-state index contributed by atoms with van der Waals surface area (Å²) in [6.07, 6.45) is 0.668. The molecule has 1 atom stereocenters. The minimum atomic E-state index is -1.22. The maximum Gasteiger partial charge on any atom is 0.411 e. The molecule has 1 N–H and O–H groups in total. The van der Waals surface area contributed by atoms with Gasteiger partial charge >= 0.3 is 12.1 Å². The number of aromatic nitrogens is 1. The van der Waals surface area contributed by atoms with Gasteiger partial charge in [0.05, 0.1) is 6.20 Å². The summed E-state index contributed by atoms with van der Waals surface area (Å²) in [5.41, 5.74) is -0.714. The van der Waals surface area contributed by atoms with Crippen LogP contribution in [0, 0.1) is 0 Å². The Balaban J connectivity index is 3.16. The lowest BCUT2D eigenvalue weighted by Gasteiger charge is -2.33. The molecule has 1 aromatic rings. The molecule has 0 saturated carbocycles. The Kier molecular flexibility index (Phi) is 5.58. The molecule has 0 aromatic carbocycles. The first-order valence-electron chi connectivity index (χ1n) is 6.38. The van der Waals surface area contributed by atoms with Crippen LogP contribution < -0.4 is 0 Å². The predicted octanol–water partition coefficient (Wildman–Crippen LogP) is 3.57. The van der Waals surface area contributed by atoms with Crippen LogP contribution in [0.4, 0.5) is 4.79 Å². The Hall–Kier alpha value is -1.34. The van der Waals surface area contributed by atoms with Crippen LogP contribution >= 0.6 is 22.9 Å². The summed E-state index contributed by atoms with van der Waals surface area (Å²) in [6, 6.07) is -1.60. The molecule has 1 aromatic heterocycles. The molecule has 0 radical (unpaired) electrons. The van der Waals surface area contributed by atoms with Crippen LogP contribution in [0.5, 0.6) is 0 Å². The maximum absolute atomic E-state index is 12.3. The summed E-state index contributed by atoms with van der Waals surface area (Å²) >= 11 is 6.84. The van der Waals surface area contributed by atoms with E-state index in [9.17, 15) is 14.7 Å². The number of aliphatic carboxylic acids is 1. The number of amides is 1. The van der Waals surface area contributed by atoms with E-state index in [1.54, 1.807) is 34.6 Å². The van der Waals surface area contributed by atoms with E-state index in [-0.39, 0.29) is 11.0 Å². The topological polar surface area (TPSA) is 79.7 Å². The predicted molar refractivity (Wildman–Crippen MR) is 80.7 cm³/mol. The smallest absolute Gasteiger partial charge is 0.411 e. The Bertz CT molecular complexity index is 524. The van der Waals surface area contributed by atoms with Crippen molar-refractivity contribution in [3.63, 3.8) is 0 Å². The lowest BCUT2D eigenvalue weighted by Crippen LogP contribution is -2.45. The van der Waals surface area contributed by atoms with Crippen molar-refractivity contribution < 1.29 is 19.4 Å². The molecule has 21 heavy (non-hydrogen) atoms. The fourth-order valence-electron chi connectivity index (χ4n) is 1.67. The molecule has 118 valence electrons. The van der Waals surface area contributed by atoms with Gasteiger partial charge < -0.3 is 9.84 Å². The van der Waals surface area contributed by atoms with Crippen molar-refractivity contribution in [3.8, 4) is 0 Å². The molecule has 1 unspecified atom stereocenters. The number of thiazole rings is 1. The van der Waals surface area contributed by atoms with Gasteiger partial charge in [-0.3, -0.25) is 4.90 Å². The first-order chi connectivity index (χ1) is 9.53. The largest absolute Gasteiger partial charge is 0.479 e. The average Bonchev–Trinajstić information content (AvgIpc) is 2.68. The van der Waals surface area contributed by atoms with E-state index in [2.05, 4.69) is 4.98 Å². The van der Waals surface area contributed by atoms with Crippen LogP contribution in [0.2, 0.25) is 4.34 Å². The Morgan fingerprint density at radius 3 is 2.33 bits per heavy atom. The van der Waals surface area contributed by atoms with Crippen molar-refractivity contribution in [2.45, 2.75) is 52.3 Å². The van der Waals surface area contributed by atoms with Crippen LogP contribution in [-0.4, -0.2) is 38.7 Å². The number of halogens is 1. The average molecular weight is 335 g/mol. The van der Waals surface area contributed by atoms with Gasteiger partial charge in [-0.1, -0.05) is 11.6 Å². The molecule has 0 fully saturated rings. The van der Waals surface area contributed by atoms with Crippen molar-refractivity contribution in [3.05, 3.63) is 15.5 Å². The summed E-state index contributed by atoms with van der Waals surface area (Å²) in [5, 5.41) is 9.72. The highest BCUT2D eigenvalue weighted by Gasteiger charge is 2.37. The second-order valence-electron chi connectivity index (χ2n) is 5.72. The van der Waals surface area contributed by atoms with E-state index in [4.69, 9.17) is 16.3 Å². The first-order valence-corrected chi connectivity index (χ1v) is 7.57. The van der Waals surface area contributed by atoms with Crippen LogP contribution in [0.3, 0.4) is 0 Å². The van der Waals surface area contributed by atoms with E-state index >= 15 is 0 Å². The summed E-state index contributed by atoms with van der Waals surface area (Å²) in [6.45, 7) is 8.60. The summed E-state index contributed by atoms with van der Waals surface area (Å²) < 4.78 is 5.65. The van der Waals surface area contributed by atoms with Gasteiger partial charge in [0.2, 0.25) is 0 Å². The lowest BCUT2D eigenvalue weighted by atomic mass is 10.2. The quantitative estimate of drug-likeness (QED) is 0.910. The highest BCUT2D eigenvalue weighted by atomic mass is 35.5. The molecule has 1 amide bonds. The molecular formula is C13H19ClN2O4S. The van der Waals surface area contributed by atoms with Crippen molar-refractivity contribution >= 4 is 35.0 Å². The van der Waals surface area contributed by atoms with Crippen LogP contribution in [0.15, 0.2) is 6.20 Å². The molecule has 8 heteroatoms. The minimum absolute atomic E-state index is 0.243. The van der Waals surface area contributed by atoms with Crippen LogP contribution in [0.25, 0.3) is 0 Å². The Labute approximate surface area is 132 Å². The summed E-state index contributed by atoms with van der Waals surface area (Å²) in [4.78, 5) is 29.0. The highest BCUT2D eigenvalue weighted by molar-refractivity contribution is 7.16. The van der Waals surface area contributed by atoms with E-state index in [1.807, 2.05) is 0 Å². The minimum Gasteiger partial charge on any atom is -0.479 e. The van der Waals surface area contributed by atoms with Gasteiger partial charge in [0.25, 0.3) is 0 Å². The lowest BCUT2D eigenvalue weighted by molar-refractivity contribution is -0.144. The van der Waals surface area contributed by atoms with Gasteiger partial charge in [-0.05, 0) is 34.6 Å². The third-order valence-electron chi connectivity index (χ3n) is 2.40. The number of hydrogen-bond donors (Lipinski definition) is 1. The van der Waals surface area contributed by atoms with E-state index in [1.165, 1.54) is 6.20 Å². The van der Waals surface area contributed by atoms with Crippen molar-refractivity contribution in [1.29, 1.82) is 0 Å². The Morgan fingerprint density at radius 1 is 1.43 bits per heavy atom. The fraction of sp³-hybridized carbons (Fsp3) is 0.615. The van der Waals surface area contributed by atoms with Gasteiger partial charge in [-0.2, -0.15) is 0 Å². The molecule has 0 aliphatic carbocycles. The monoisotopic (exact) mass is 334 g/mol. The molecule has 0 saturated heterocycles. The SMILES string of the molecule is CC(C)N(C(=O)OC(C)(C)C)C(C(=O)O)c1ncc(Cl)s1. The van der Waals surface area contributed by atoms with Crippen molar-refractivity contribution in [2.75, 3.05) is 0 Å². The molecule has 0 bridgehead atoms. The molecule has 0 aliphatic heterocycles. The summed E-state index contributed by atoms with van der Waals surface area (Å²) in [7, 11) is 0. The zero-order valence-corrected chi connectivity index (χ0v) is 14.2. The van der Waals surface area contributed by atoms with Gasteiger partial charge in [0.15, 0.2) is 6.04 Å². The Morgan fingerprint density at radius 2 is 2.00 bits per heavy atom. The number of rotatable bonds is 4. The third-order valence-corrected chi connectivity index (χ3v) is 3.57. The van der Waals surface area contributed by atoms with Crippen molar-refractivity contribution in [1.82, 2.24) is 9.88 Å². The number of carbonyl (C=O) groups is 2. The number of carboxylic acid groups (broad SMARTS) is 1. The molecule has 0 aliphatic rings. The number of carbonyl (C=O) groups excluding carboxylic acids is 1. The maximum atomic E-state index is 12.3. The molecule has 6 nitrogen and oxygen atoms in total. The molecular weight excluding hydrogens is 316 g/mol. The summed E-state index contributed by atoms with van der Waals surface area (Å²) in [5.74, 6) is -1.18. The van der Waals surface area contributed by atoms with Crippen LogP contribution in [0.1, 0.15) is 45.7 Å². The van der Waals surface area contributed by atoms with E-state index in [0.717, 1.165) is 16.2 Å². The number of ether oxygens (including phenoxy) is 1. The number of carboxylic acids is 1. The molecule has 1 heterocycles. The number of hydrogen-bond acceptors (Lipinski definition) is 5. The zero-order chi connectivity index (χ0) is 16.4.